The van der Waals surface area contributed by atoms with E-state index in [1.54, 1.807) is 3.27 Å². The number of hydrogen-bond donors (Lipinski definition) is 0. The maximum absolute atomic E-state index is 2.76. The van der Waals surface area contributed by atoms with Crippen LogP contribution in [0.5, 0.6) is 0 Å². The molecule has 0 saturated heterocycles. The third-order valence-electron chi connectivity index (χ3n) is 5.10. The molecule has 3 aromatic carbocycles. The van der Waals surface area contributed by atoms with Gasteiger partial charge in [0.05, 0.1) is 0 Å². The van der Waals surface area contributed by atoms with Crippen LogP contribution < -0.4 is 3.27 Å². The monoisotopic (exact) mass is 776 g/mol. The van der Waals surface area contributed by atoms with Crippen molar-refractivity contribution in [2.24, 2.45) is 0 Å². The molecule has 0 nitrogen and oxygen atoms in total. The first-order valence-corrected chi connectivity index (χ1v) is 30.4. The summed E-state index contributed by atoms with van der Waals surface area (Å²) < 4.78 is 1.64. The van der Waals surface area contributed by atoms with Crippen molar-refractivity contribution in [2.75, 3.05) is 0 Å². The predicted molar refractivity (Wildman–Crippen MR) is 139 cm³/mol. The summed E-state index contributed by atoms with van der Waals surface area (Å²) in [5.41, 5.74) is 14.1. The first-order valence-electron chi connectivity index (χ1n) is 9.12. The van der Waals surface area contributed by atoms with Crippen molar-refractivity contribution < 1.29 is 0 Å². The van der Waals surface area contributed by atoms with E-state index in [9.17, 15) is 0 Å². The van der Waals surface area contributed by atoms with E-state index in [0.717, 1.165) is 0 Å². The summed E-state index contributed by atoms with van der Waals surface area (Å²) in [6, 6.07) is 16.3. The summed E-state index contributed by atoms with van der Waals surface area (Å²) in [4.78, 5) is 0. The minimum atomic E-state index is -1.82. The normalized spacial score (nSPS) is 11.3. The van der Waals surface area contributed by atoms with Gasteiger partial charge in [-0.3, -0.25) is 0 Å². The fourth-order valence-corrected chi connectivity index (χ4v) is 16.3. The van der Waals surface area contributed by atoms with Crippen LogP contribution in [-0.4, -0.2) is 13.4 Å². The van der Waals surface area contributed by atoms with Crippen LogP contribution in [0, 0.1) is 41.5 Å². The van der Waals surface area contributed by atoms with E-state index in [1.165, 1.54) is 55.6 Å². The van der Waals surface area contributed by atoms with E-state index in [1.807, 2.05) is 0 Å². The standard InChI is InChI=1S/C24H25.Bi.2HI/c1-15-10-17(3)23(18(4)11-15)21-8-7-9-22(14-21)24-19(5)12-16(2)13-20(24)6;;;/h7-13H,1-6H3;;2*1H/q;+2;;/p-2. The van der Waals surface area contributed by atoms with Crippen LogP contribution in [0.25, 0.3) is 22.3 Å². The van der Waals surface area contributed by atoms with Gasteiger partial charge in [-0.15, -0.1) is 0 Å². The van der Waals surface area contributed by atoms with E-state index in [0.29, 0.717) is 0 Å². The summed E-state index contributed by atoms with van der Waals surface area (Å²) >= 11 is 3.71. The molecule has 3 aromatic rings. The molecule has 3 heteroatoms. The Labute approximate surface area is 190 Å². The van der Waals surface area contributed by atoms with Gasteiger partial charge < -0.3 is 0 Å². The van der Waals surface area contributed by atoms with Crippen LogP contribution in [0.15, 0.2) is 42.5 Å². The maximum atomic E-state index is 2.76. The van der Waals surface area contributed by atoms with Crippen molar-refractivity contribution >= 4 is 52.7 Å². The average molecular weight is 776 g/mol. The Morgan fingerprint density at radius 3 is 1.22 bits per heavy atom. The van der Waals surface area contributed by atoms with Gasteiger partial charge >= 0.3 is 192 Å². The van der Waals surface area contributed by atoms with Crippen LogP contribution in [0.1, 0.15) is 33.4 Å². The van der Waals surface area contributed by atoms with Gasteiger partial charge in [0.1, 0.15) is 0 Å². The van der Waals surface area contributed by atoms with E-state index < -0.39 is 13.4 Å². The molecule has 0 heterocycles. The zero-order chi connectivity index (χ0) is 19.9. The quantitative estimate of drug-likeness (QED) is 0.192. The zero-order valence-corrected chi connectivity index (χ0v) is 24.5. The second kappa shape index (κ2) is 8.79. The molecule has 3 rings (SSSR count). The molecule has 0 aromatic heterocycles. The molecular weight excluding hydrogens is 751 g/mol. The van der Waals surface area contributed by atoms with Gasteiger partial charge in [-0.25, -0.2) is 0 Å². The first kappa shape index (κ1) is 21.7. The summed E-state index contributed by atoms with van der Waals surface area (Å²) in [6.45, 7) is 13.4. The Morgan fingerprint density at radius 1 is 0.593 bits per heavy atom. The van der Waals surface area contributed by atoms with Crippen molar-refractivity contribution in [3.63, 3.8) is 0 Å². The summed E-state index contributed by atoms with van der Waals surface area (Å²) in [6.07, 6.45) is 0. The van der Waals surface area contributed by atoms with Gasteiger partial charge in [0.25, 0.3) is 0 Å². The predicted octanol–water partition coefficient (Wildman–Crippen LogP) is 7.44. The second-order valence-corrected chi connectivity index (χ2v) is 44.2. The molecule has 0 N–H and O–H groups in total. The third-order valence-corrected chi connectivity index (χ3v) is 16.8. The van der Waals surface area contributed by atoms with Crippen LogP contribution in [0.2, 0.25) is 0 Å². The van der Waals surface area contributed by atoms with Gasteiger partial charge in [-0.1, -0.05) is 0 Å². The van der Waals surface area contributed by atoms with E-state index >= 15 is 0 Å². The van der Waals surface area contributed by atoms with Crippen molar-refractivity contribution in [2.45, 2.75) is 41.5 Å². The molecule has 0 amide bonds. The molecule has 27 heavy (non-hydrogen) atoms. The first-order chi connectivity index (χ1) is 12.7. The third kappa shape index (κ3) is 4.45. The fourth-order valence-electron chi connectivity index (χ4n) is 4.34. The Bertz CT molecular complexity index is 897. The van der Waals surface area contributed by atoms with E-state index in [-0.39, 0.29) is 0 Å². The molecule has 0 radical (unpaired) electrons. The molecule has 0 atom stereocenters. The molecule has 0 fully saturated rings. The number of rotatable bonds is 3. The summed E-state index contributed by atoms with van der Waals surface area (Å²) in [7, 11) is 0. The summed E-state index contributed by atoms with van der Waals surface area (Å²) in [5.74, 6) is 0. The molecule has 140 valence electrons. The number of halogens is 2. The molecule has 0 saturated carbocycles. The SMILES string of the molecule is Cc1cc(C)c(-c2cccc(-c3c(C)cc(C)cc3C)[c]2[Bi]([I])[I])c(C)c1. The van der Waals surface area contributed by atoms with Crippen molar-refractivity contribution in [3.8, 4) is 22.3 Å². The average Bonchev–Trinajstić information content (AvgIpc) is 2.52. The van der Waals surface area contributed by atoms with Gasteiger partial charge in [0.2, 0.25) is 0 Å². The molecule has 0 aliphatic rings. The molecule has 0 spiro atoms. The number of aryl methyl sites for hydroxylation is 6. The van der Waals surface area contributed by atoms with Gasteiger partial charge in [-0.05, 0) is 0 Å². The van der Waals surface area contributed by atoms with Crippen LogP contribution in [-0.2, 0) is 0 Å². The molecular formula is C24H25BiI2. The topological polar surface area (TPSA) is 0 Å². The summed E-state index contributed by atoms with van der Waals surface area (Å²) in [5, 5.41) is 0. The Balaban J connectivity index is 2.37. The van der Waals surface area contributed by atoms with Crippen LogP contribution in [0.4, 0.5) is 0 Å². The van der Waals surface area contributed by atoms with E-state index in [4.69, 9.17) is 0 Å². The Morgan fingerprint density at radius 2 is 0.926 bits per heavy atom. The Hall–Kier alpha value is 0.00312. The second-order valence-electron chi connectivity index (χ2n) is 7.48. The molecule has 0 aliphatic heterocycles. The fraction of sp³-hybridized carbons (Fsp3) is 0.250. The molecule has 0 unspecified atom stereocenters. The Kier molecular flexibility index (Phi) is 7.07. The van der Waals surface area contributed by atoms with Crippen molar-refractivity contribution in [1.82, 2.24) is 0 Å². The van der Waals surface area contributed by atoms with Gasteiger partial charge in [-0.2, -0.15) is 0 Å². The zero-order valence-electron chi connectivity index (χ0n) is 16.7. The molecule has 0 aliphatic carbocycles. The number of benzene rings is 3. The van der Waals surface area contributed by atoms with Crippen molar-refractivity contribution in [1.29, 1.82) is 0 Å². The van der Waals surface area contributed by atoms with E-state index in [2.05, 4.69) is 120 Å². The van der Waals surface area contributed by atoms with Gasteiger partial charge in [0, 0.05) is 0 Å². The minimum absolute atomic E-state index is 1.35. The number of hydrogen-bond acceptors (Lipinski definition) is 0. The molecule has 0 bridgehead atoms. The van der Waals surface area contributed by atoms with Crippen molar-refractivity contribution in [3.05, 3.63) is 75.8 Å². The van der Waals surface area contributed by atoms with Gasteiger partial charge in [0.15, 0.2) is 0 Å². The van der Waals surface area contributed by atoms with Crippen LogP contribution >= 0.6 is 36.1 Å². The van der Waals surface area contributed by atoms with Crippen LogP contribution in [0.3, 0.4) is 0 Å².